The van der Waals surface area contributed by atoms with Crippen molar-refractivity contribution in [3.8, 4) is 5.75 Å². The number of benzene rings is 1. The summed E-state index contributed by atoms with van der Waals surface area (Å²) in [5.41, 5.74) is 2.56. The van der Waals surface area contributed by atoms with E-state index < -0.39 is 0 Å². The number of phenols is 1. The molecule has 3 heteroatoms. The first kappa shape index (κ1) is 13.9. The van der Waals surface area contributed by atoms with E-state index in [1.807, 2.05) is 12.1 Å². The predicted molar refractivity (Wildman–Crippen MR) is 82.1 cm³/mol. The Hall–Kier alpha value is -1.06. The van der Waals surface area contributed by atoms with Crippen molar-refractivity contribution >= 4 is 0 Å². The maximum Gasteiger partial charge on any atom is 0.119 e. The maximum absolute atomic E-state index is 10.1. The lowest BCUT2D eigenvalue weighted by Gasteiger charge is -2.44. The van der Waals surface area contributed by atoms with Crippen molar-refractivity contribution in [3.63, 3.8) is 0 Å². The van der Waals surface area contributed by atoms with Gasteiger partial charge in [-0.1, -0.05) is 19.1 Å². The zero-order valence-corrected chi connectivity index (χ0v) is 12.7. The highest BCUT2D eigenvalue weighted by Crippen LogP contribution is 2.38. The monoisotopic (exact) mass is 274 g/mol. The van der Waals surface area contributed by atoms with E-state index in [0.717, 1.165) is 26.1 Å². The summed E-state index contributed by atoms with van der Waals surface area (Å²) in [5.74, 6) is 0.493. The number of hydrogen-bond donors (Lipinski definition) is 1. The highest BCUT2D eigenvalue weighted by atomic mass is 16.3. The lowest BCUT2D eigenvalue weighted by molar-refractivity contribution is 0.0526. The van der Waals surface area contributed by atoms with Gasteiger partial charge in [-0.15, -0.1) is 0 Å². The third-order valence-corrected chi connectivity index (χ3v) is 5.09. The average Bonchev–Trinajstić information content (AvgIpc) is 2.47. The molecular weight excluding hydrogens is 248 g/mol. The minimum Gasteiger partial charge on any atom is -0.508 e. The molecule has 1 aliphatic heterocycles. The Morgan fingerprint density at radius 2 is 2.15 bits per heavy atom. The van der Waals surface area contributed by atoms with Crippen LogP contribution in [0.15, 0.2) is 18.2 Å². The van der Waals surface area contributed by atoms with Gasteiger partial charge < -0.3 is 5.11 Å². The fraction of sp³-hybridized carbons (Fsp3) is 0.647. The molecule has 1 fully saturated rings. The first-order chi connectivity index (χ1) is 9.70. The quantitative estimate of drug-likeness (QED) is 0.898. The molecule has 3 rings (SSSR count). The minimum absolute atomic E-state index is 0.493. The molecule has 0 aromatic heterocycles. The third kappa shape index (κ3) is 2.45. The van der Waals surface area contributed by atoms with Crippen LogP contribution in [0.5, 0.6) is 5.75 Å². The van der Waals surface area contributed by atoms with Gasteiger partial charge in [-0.05, 0) is 49.9 Å². The van der Waals surface area contributed by atoms with Crippen LogP contribution in [0, 0.1) is 0 Å². The Morgan fingerprint density at radius 1 is 1.30 bits per heavy atom. The van der Waals surface area contributed by atoms with Crippen molar-refractivity contribution < 1.29 is 5.11 Å². The van der Waals surface area contributed by atoms with Gasteiger partial charge in [-0.2, -0.15) is 0 Å². The van der Waals surface area contributed by atoms with E-state index in [4.69, 9.17) is 0 Å². The minimum atomic E-state index is 0.493. The molecule has 110 valence electrons. The Balaban J connectivity index is 1.81. The van der Waals surface area contributed by atoms with Crippen LogP contribution >= 0.6 is 0 Å². The van der Waals surface area contributed by atoms with Crippen LogP contribution < -0.4 is 0 Å². The molecule has 1 saturated heterocycles. The molecule has 0 radical (unpaired) electrons. The molecule has 0 bridgehead atoms. The van der Waals surface area contributed by atoms with E-state index in [-0.39, 0.29) is 0 Å². The molecule has 2 unspecified atom stereocenters. The summed E-state index contributed by atoms with van der Waals surface area (Å²) in [5, 5.41) is 10.1. The number of aromatic hydroxyl groups is 1. The van der Waals surface area contributed by atoms with E-state index >= 15 is 0 Å². The van der Waals surface area contributed by atoms with Gasteiger partial charge in [0.1, 0.15) is 5.75 Å². The van der Waals surface area contributed by atoms with Gasteiger partial charge in [0.15, 0.2) is 0 Å². The molecule has 0 amide bonds. The smallest absolute Gasteiger partial charge is 0.119 e. The summed E-state index contributed by atoms with van der Waals surface area (Å²) in [4.78, 5) is 5.19. The Labute approximate surface area is 122 Å². The molecule has 0 saturated carbocycles. The van der Waals surface area contributed by atoms with E-state index in [0.29, 0.717) is 17.8 Å². The van der Waals surface area contributed by atoms with Crippen molar-refractivity contribution in [2.24, 2.45) is 0 Å². The van der Waals surface area contributed by atoms with Crippen molar-refractivity contribution in [1.29, 1.82) is 0 Å². The fourth-order valence-electron chi connectivity index (χ4n) is 3.96. The SMILES string of the molecule is CCN1CCN(C2CCCc3c(O)cccc32)CC1C. The van der Waals surface area contributed by atoms with Crippen molar-refractivity contribution in [1.82, 2.24) is 9.80 Å². The Kier molecular flexibility index (Phi) is 3.99. The number of piperazine rings is 1. The lowest BCUT2D eigenvalue weighted by Crippen LogP contribution is -2.52. The van der Waals surface area contributed by atoms with Crippen LogP contribution in [-0.2, 0) is 6.42 Å². The molecule has 2 aliphatic rings. The summed E-state index contributed by atoms with van der Waals surface area (Å²) in [6.07, 6.45) is 3.45. The van der Waals surface area contributed by atoms with E-state index in [9.17, 15) is 5.11 Å². The normalized spacial score (nSPS) is 28.3. The molecule has 2 atom stereocenters. The van der Waals surface area contributed by atoms with Gasteiger partial charge in [0.05, 0.1) is 0 Å². The largest absolute Gasteiger partial charge is 0.508 e. The number of fused-ring (bicyclic) bond motifs is 1. The molecule has 1 N–H and O–H groups in total. The maximum atomic E-state index is 10.1. The Bertz CT molecular complexity index is 474. The molecule has 20 heavy (non-hydrogen) atoms. The van der Waals surface area contributed by atoms with Crippen LogP contribution in [-0.4, -0.2) is 47.1 Å². The molecule has 1 aromatic carbocycles. The molecule has 1 heterocycles. The molecule has 1 aromatic rings. The number of nitrogens with zero attached hydrogens (tertiary/aromatic N) is 2. The highest BCUT2D eigenvalue weighted by Gasteiger charge is 2.31. The number of likely N-dealkylation sites (N-methyl/N-ethyl adjacent to an activating group) is 1. The third-order valence-electron chi connectivity index (χ3n) is 5.09. The highest BCUT2D eigenvalue weighted by molar-refractivity contribution is 5.42. The number of rotatable bonds is 2. The molecule has 0 spiro atoms. The molecular formula is C17H26N2O. The van der Waals surface area contributed by atoms with E-state index in [2.05, 4.69) is 29.7 Å². The first-order valence-electron chi connectivity index (χ1n) is 7.99. The second-order valence-electron chi connectivity index (χ2n) is 6.23. The zero-order valence-electron chi connectivity index (χ0n) is 12.7. The van der Waals surface area contributed by atoms with Gasteiger partial charge in [0.25, 0.3) is 0 Å². The summed E-state index contributed by atoms with van der Waals surface area (Å²) < 4.78 is 0. The lowest BCUT2D eigenvalue weighted by atomic mass is 9.85. The average molecular weight is 274 g/mol. The number of phenolic OH excluding ortho intramolecular Hbond substituents is 1. The van der Waals surface area contributed by atoms with Gasteiger partial charge in [-0.25, -0.2) is 0 Å². The van der Waals surface area contributed by atoms with Crippen molar-refractivity contribution in [2.75, 3.05) is 26.2 Å². The van der Waals surface area contributed by atoms with Crippen LogP contribution in [0.2, 0.25) is 0 Å². The summed E-state index contributed by atoms with van der Waals surface area (Å²) >= 11 is 0. The van der Waals surface area contributed by atoms with Gasteiger partial charge in [-0.3, -0.25) is 9.80 Å². The molecule has 3 nitrogen and oxygen atoms in total. The summed E-state index contributed by atoms with van der Waals surface area (Å²) in [6, 6.07) is 7.19. The van der Waals surface area contributed by atoms with E-state index in [1.165, 1.54) is 30.5 Å². The second-order valence-corrected chi connectivity index (χ2v) is 6.23. The first-order valence-corrected chi connectivity index (χ1v) is 7.99. The summed E-state index contributed by atoms with van der Waals surface area (Å²) in [6.45, 7) is 9.20. The Morgan fingerprint density at radius 3 is 2.90 bits per heavy atom. The second kappa shape index (κ2) is 5.74. The zero-order chi connectivity index (χ0) is 14.1. The topological polar surface area (TPSA) is 26.7 Å². The van der Waals surface area contributed by atoms with Gasteiger partial charge >= 0.3 is 0 Å². The standard InChI is InChI=1S/C17H26N2O/c1-3-18-10-11-19(12-13(18)2)16-8-4-7-15-14(16)6-5-9-17(15)20/h5-6,9,13,16,20H,3-4,7-8,10-12H2,1-2H3. The van der Waals surface area contributed by atoms with Crippen LogP contribution in [0.25, 0.3) is 0 Å². The van der Waals surface area contributed by atoms with Crippen LogP contribution in [0.4, 0.5) is 0 Å². The fourth-order valence-corrected chi connectivity index (χ4v) is 3.96. The summed E-state index contributed by atoms with van der Waals surface area (Å²) in [7, 11) is 0. The van der Waals surface area contributed by atoms with Gasteiger partial charge in [0.2, 0.25) is 0 Å². The van der Waals surface area contributed by atoms with Crippen molar-refractivity contribution in [3.05, 3.63) is 29.3 Å². The van der Waals surface area contributed by atoms with Crippen molar-refractivity contribution in [2.45, 2.75) is 45.2 Å². The van der Waals surface area contributed by atoms with Crippen LogP contribution in [0.1, 0.15) is 43.9 Å². The van der Waals surface area contributed by atoms with Gasteiger partial charge in [0, 0.05) is 31.7 Å². The predicted octanol–water partition coefficient (Wildman–Crippen LogP) is 2.80. The van der Waals surface area contributed by atoms with E-state index in [1.54, 1.807) is 0 Å². The van der Waals surface area contributed by atoms with Crippen LogP contribution in [0.3, 0.4) is 0 Å². The number of hydrogen-bond acceptors (Lipinski definition) is 3. The molecule has 1 aliphatic carbocycles.